The van der Waals surface area contributed by atoms with Gasteiger partial charge in [-0.25, -0.2) is 0 Å². The molecule has 1 aliphatic carbocycles. The fourth-order valence-electron chi connectivity index (χ4n) is 2.75. The van der Waals surface area contributed by atoms with Crippen LogP contribution in [0.2, 0.25) is 0 Å². The highest BCUT2D eigenvalue weighted by Gasteiger charge is 2.22. The van der Waals surface area contributed by atoms with Gasteiger partial charge in [-0.3, -0.25) is 0 Å². The van der Waals surface area contributed by atoms with Gasteiger partial charge in [0.15, 0.2) is 0 Å². The first kappa shape index (κ1) is 16.3. The lowest BCUT2D eigenvalue weighted by Crippen LogP contribution is -2.32. The second-order valence-electron chi connectivity index (χ2n) is 6.47. The second-order valence-corrected chi connectivity index (χ2v) is 6.47. The molecule has 4 nitrogen and oxygen atoms in total. The Bertz CT molecular complexity index is 269. The van der Waals surface area contributed by atoms with E-state index in [1.165, 1.54) is 44.9 Å². The van der Waals surface area contributed by atoms with E-state index in [0.717, 1.165) is 25.4 Å². The van der Waals surface area contributed by atoms with Crippen molar-refractivity contribution in [3.63, 3.8) is 0 Å². The first-order valence-electron chi connectivity index (χ1n) is 7.77. The van der Waals surface area contributed by atoms with Crippen molar-refractivity contribution in [1.82, 2.24) is 5.32 Å². The normalized spacial score (nSPS) is 19.4. The summed E-state index contributed by atoms with van der Waals surface area (Å²) in [5.74, 6) is 0.337. The number of hydrogen-bond donors (Lipinski definition) is 3. The topological polar surface area (TPSA) is 70.6 Å². The molecule has 4 N–H and O–H groups in total. The van der Waals surface area contributed by atoms with Crippen molar-refractivity contribution >= 4 is 5.84 Å². The maximum absolute atomic E-state index is 8.72. The van der Waals surface area contributed by atoms with Gasteiger partial charge in [-0.05, 0) is 32.2 Å². The van der Waals surface area contributed by atoms with Crippen LogP contribution >= 0.6 is 0 Å². The number of nitrogens with zero attached hydrogens (tertiary/aromatic N) is 1. The Balaban J connectivity index is 2.10. The summed E-state index contributed by atoms with van der Waals surface area (Å²) in [7, 11) is 0. The SMILES string of the molecule is CC(C)(CCCCNC1CCCCCC1)C(N)=NO. The van der Waals surface area contributed by atoms with Crippen LogP contribution in [0, 0.1) is 5.41 Å². The van der Waals surface area contributed by atoms with Gasteiger partial charge in [0.1, 0.15) is 5.84 Å². The van der Waals surface area contributed by atoms with Crippen molar-refractivity contribution in [3.8, 4) is 0 Å². The van der Waals surface area contributed by atoms with Crippen LogP contribution in [0.25, 0.3) is 0 Å². The standard InChI is InChI=1S/C15H31N3O/c1-15(2,14(16)18-19)11-7-8-12-17-13-9-5-3-4-6-10-13/h13,17,19H,3-12H2,1-2H3,(H2,16,18). The first-order chi connectivity index (χ1) is 9.06. The minimum atomic E-state index is -0.197. The maximum atomic E-state index is 8.72. The third-order valence-electron chi connectivity index (χ3n) is 4.32. The predicted octanol–water partition coefficient (Wildman–Crippen LogP) is 3.24. The second kappa shape index (κ2) is 8.41. The van der Waals surface area contributed by atoms with E-state index in [4.69, 9.17) is 10.9 Å². The molecule has 0 heterocycles. The molecule has 4 heteroatoms. The van der Waals surface area contributed by atoms with Crippen LogP contribution in [-0.2, 0) is 0 Å². The molecule has 0 unspecified atom stereocenters. The molecule has 0 amide bonds. The number of unbranched alkanes of at least 4 members (excludes halogenated alkanes) is 1. The monoisotopic (exact) mass is 269 g/mol. The molecule has 1 aliphatic rings. The van der Waals surface area contributed by atoms with Gasteiger partial charge < -0.3 is 16.3 Å². The van der Waals surface area contributed by atoms with Gasteiger partial charge in [0.05, 0.1) is 0 Å². The molecule has 0 aromatic rings. The third kappa shape index (κ3) is 6.28. The van der Waals surface area contributed by atoms with E-state index >= 15 is 0 Å². The Hall–Kier alpha value is -0.770. The zero-order valence-corrected chi connectivity index (χ0v) is 12.6. The average Bonchev–Trinajstić information content (AvgIpc) is 2.66. The van der Waals surface area contributed by atoms with Crippen molar-refractivity contribution in [2.45, 2.75) is 77.7 Å². The van der Waals surface area contributed by atoms with Gasteiger partial charge in [-0.2, -0.15) is 0 Å². The van der Waals surface area contributed by atoms with Crippen molar-refractivity contribution in [2.24, 2.45) is 16.3 Å². The summed E-state index contributed by atoms with van der Waals surface area (Å²) in [5.41, 5.74) is 5.49. The number of amidine groups is 1. The number of oxime groups is 1. The Morgan fingerprint density at radius 3 is 2.42 bits per heavy atom. The maximum Gasteiger partial charge on any atom is 0.144 e. The summed E-state index contributed by atoms with van der Waals surface area (Å²) in [6.07, 6.45) is 11.5. The Labute approximate surface area is 117 Å². The van der Waals surface area contributed by atoms with E-state index in [0.29, 0.717) is 5.84 Å². The van der Waals surface area contributed by atoms with Crippen LogP contribution in [0.3, 0.4) is 0 Å². The van der Waals surface area contributed by atoms with Gasteiger partial charge in [-0.1, -0.05) is 51.1 Å². The summed E-state index contributed by atoms with van der Waals surface area (Å²) in [4.78, 5) is 0. The highest BCUT2D eigenvalue weighted by atomic mass is 16.4. The van der Waals surface area contributed by atoms with E-state index < -0.39 is 0 Å². The molecule has 0 bridgehead atoms. The first-order valence-corrected chi connectivity index (χ1v) is 7.77. The number of hydrogen-bond acceptors (Lipinski definition) is 3. The van der Waals surface area contributed by atoms with Crippen LogP contribution in [0.1, 0.15) is 71.6 Å². The zero-order valence-electron chi connectivity index (χ0n) is 12.6. The summed E-state index contributed by atoms with van der Waals surface area (Å²) in [5, 5.41) is 15.5. The molecule has 1 fully saturated rings. The zero-order chi connectivity index (χ0) is 14.1. The lowest BCUT2D eigenvalue weighted by Gasteiger charge is -2.23. The average molecular weight is 269 g/mol. The predicted molar refractivity (Wildman–Crippen MR) is 80.5 cm³/mol. The quantitative estimate of drug-likeness (QED) is 0.166. The summed E-state index contributed by atoms with van der Waals surface area (Å²) in [6.45, 7) is 5.15. The lowest BCUT2D eigenvalue weighted by molar-refractivity contribution is 0.304. The lowest BCUT2D eigenvalue weighted by atomic mass is 9.86. The highest BCUT2D eigenvalue weighted by molar-refractivity contribution is 5.85. The Kier molecular flexibility index (Phi) is 7.21. The van der Waals surface area contributed by atoms with E-state index in [1.807, 2.05) is 13.8 Å². The molecule has 0 spiro atoms. The Morgan fingerprint density at radius 2 is 1.84 bits per heavy atom. The van der Waals surface area contributed by atoms with Crippen LogP contribution in [0.4, 0.5) is 0 Å². The number of nitrogens with one attached hydrogen (secondary N) is 1. The molecule has 0 saturated heterocycles. The molecule has 1 rings (SSSR count). The van der Waals surface area contributed by atoms with E-state index in [-0.39, 0.29) is 5.41 Å². The largest absolute Gasteiger partial charge is 0.409 e. The van der Waals surface area contributed by atoms with Gasteiger partial charge in [-0.15, -0.1) is 0 Å². The molecule has 0 radical (unpaired) electrons. The highest BCUT2D eigenvalue weighted by Crippen LogP contribution is 2.23. The molecule has 0 atom stereocenters. The molecule has 0 aromatic carbocycles. The van der Waals surface area contributed by atoms with Gasteiger partial charge in [0.2, 0.25) is 0 Å². The van der Waals surface area contributed by atoms with Crippen LogP contribution in [0.5, 0.6) is 0 Å². The van der Waals surface area contributed by atoms with Crippen molar-refractivity contribution in [1.29, 1.82) is 0 Å². The van der Waals surface area contributed by atoms with Gasteiger partial charge in [0.25, 0.3) is 0 Å². The Morgan fingerprint density at radius 1 is 1.21 bits per heavy atom. The van der Waals surface area contributed by atoms with Gasteiger partial charge in [0, 0.05) is 11.5 Å². The molecule has 0 aliphatic heterocycles. The van der Waals surface area contributed by atoms with E-state index in [2.05, 4.69) is 10.5 Å². The smallest absolute Gasteiger partial charge is 0.144 e. The molecule has 1 saturated carbocycles. The van der Waals surface area contributed by atoms with Crippen molar-refractivity contribution in [2.75, 3.05) is 6.54 Å². The molecule has 19 heavy (non-hydrogen) atoms. The summed E-state index contributed by atoms with van der Waals surface area (Å²) in [6, 6.07) is 0.736. The fraction of sp³-hybridized carbons (Fsp3) is 0.933. The number of rotatable bonds is 7. The fourth-order valence-corrected chi connectivity index (χ4v) is 2.75. The molecule has 0 aromatic heterocycles. The minimum Gasteiger partial charge on any atom is -0.409 e. The van der Waals surface area contributed by atoms with Crippen LogP contribution < -0.4 is 11.1 Å². The van der Waals surface area contributed by atoms with E-state index in [1.54, 1.807) is 0 Å². The van der Waals surface area contributed by atoms with Crippen molar-refractivity contribution in [3.05, 3.63) is 0 Å². The molecular weight excluding hydrogens is 238 g/mol. The van der Waals surface area contributed by atoms with Gasteiger partial charge >= 0.3 is 0 Å². The third-order valence-corrected chi connectivity index (χ3v) is 4.32. The molecular formula is C15H31N3O. The molecule has 112 valence electrons. The van der Waals surface area contributed by atoms with E-state index in [9.17, 15) is 0 Å². The van der Waals surface area contributed by atoms with Crippen LogP contribution in [0.15, 0.2) is 5.16 Å². The van der Waals surface area contributed by atoms with Crippen molar-refractivity contribution < 1.29 is 5.21 Å². The number of nitrogens with two attached hydrogens (primary N) is 1. The van der Waals surface area contributed by atoms with Crippen LogP contribution in [-0.4, -0.2) is 23.6 Å². The minimum absolute atomic E-state index is 0.197. The summed E-state index contributed by atoms with van der Waals surface area (Å²) < 4.78 is 0. The summed E-state index contributed by atoms with van der Waals surface area (Å²) >= 11 is 0.